The molecule has 2 N–H and O–H groups in total. The molecule has 116 valence electrons. The molecule has 1 saturated carbocycles. The highest BCUT2D eigenvalue weighted by atomic mass is 19.1. The van der Waals surface area contributed by atoms with Crippen LogP contribution < -0.4 is 15.4 Å². The van der Waals surface area contributed by atoms with Crippen LogP contribution in [0.3, 0.4) is 0 Å². The maximum Gasteiger partial charge on any atom is 0.261 e. The molecule has 1 aliphatic rings. The Morgan fingerprint density at radius 3 is 2.52 bits per heavy atom. The number of carbonyl (C=O) groups excluding carboxylic acids is 1. The van der Waals surface area contributed by atoms with Gasteiger partial charge in [-0.2, -0.15) is 0 Å². The highest BCUT2D eigenvalue weighted by Crippen LogP contribution is 2.25. The van der Waals surface area contributed by atoms with Gasteiger partial charge in [-0.3, -0.25) is 4.79 Å². The standard InChI is InChI=1S/C15H20F2N2O2/c1-3-18-8-10-6-12(16)14(13(17)7-10)21-9(2)15(20)19-11-4-5-11/h6-7,9,11,18H,3-5,8H2,1-2H3,(H,19,20). The zero-order valence-corrected chi connectivity index (χ0v) is 12.2. The van der Waals surface area contributed by atoms with Crippen molar-refractivity contribution in [2.45, 2.75) is 45.4 Å². The first kappa shape index (κ1) is 15.7. The van der Waals surface area contributed by atoms with E-state index < -0.39 is 23.5 Å². The van der Waals surface area contributed by atoms with E-state index in [2.05, 4.69) is 10.6 Å². The largest absolute Gasteiger partial charge is 0.475 e. The van der Waals surface area contributed by atoms with Crippen molar-refractivity contribution in [3.8, 4) is 5.75 Å². The van der Waals surface area contributed by atoms with Crippen LogP contribution in [0.15, 0.2) is 12.1 Å². The van der Waals surface area contributed by atoms with Crippen molar-refractivity contribution < 1.29 is 18.3 Å². The van der Waals surface area contributed by atoms with Crippen molar-refractivity contribution in [1.29, 1.82) is 0 Å². The molecule has 1 unspecified atom stereocenters. The molecule has 2 rings (SSSR count). The summed E-state index contributed by atoms with van der Waals surface area (Å²) in [4.78, 5) is 11.7. The van der Waals surface area contributed by atoms with E-state index in [1.165, 1.54) is 19.1 Å². The van der Waals surface area contributed by atoms with Gasteiger partial charge in [-0.15, -0.1) is 0 Å². The van der Waals surface area contributed by atoms with E-state index in [1.54, 1.807) is 0 Å². The minimum absolute atomic E-state index is 0.181. The second-order valence-electron chi connectivity index (χ2n) is 5.21. The van der Waals surface area contributed by atoms with Crippen molar-refractivity contribution in [3.63, 3.8) is 0 Å². The lowest BCUT2D eigenvalue weighted by Crippen LogP contribution is -2.37. The van der Waals surface area contributed by atoms with Gasteiger partial charge in [0.2, 0.25) is 0 Å². The van der Waals surface area contributed by atoms with Gasteiger partial charge in [0, 0.05) is 12.6 Å². The minimum atomic E-state index is -0.936. The number of hydrogen-bond acceptors (Lipinski definition) is 3. The Labute approximate surface area is 122 Å². The number of amides is 1. The van der Waals surface area contributed by atoms with Crippen LogP contribution >= 0.6 is 0 Å². The lowest BCUT2D eigenvalue weighted by Gasteiger charge is -2.16. The van der Waals surface area contributed by atoms with Crippen LogP contribution in [-0.2, 0) is 11.3 Å². The number of rotatable bonds is 7. The molecule has 6 heteroatoms. The molecule has 0 saturated heterocycles. The Balaban J connectivity index is 2.02. The van der Waals surface area contributed by atoms with Crippen molar-refractivity contribution in [3.05, 3.63) is 29.3 Å². The van der Waals surface area contributed by atoms with Crippen molar-refractivity contribution in [2.24, 2.45) is 0 Å². The van der Waals surface area contributed by atoms with Crippen LogP contribution in [-0.4, -0.2) is 24.6 Å². The van der Waals surface area contributed by atoms with Gasteiger partial charge in [-0.25, -0.2) is 8.78 Å². The fourth-order valence-corrected chi connectivity index (χ4v) is 1.87. The molecule has 4 nitrogen and oxygen atoms in total. The van der Waals surface area contributed by atoms with Gasteiger partial charge < -0.3 is 15.4 Å². The Hall–Kier alpha value is -1.69. The van der Waals surface area contributed by atoms with Crippen LogP contribution in [0, 0.1) is 11.6 Å². The zero-order valence-electron chi connectivity index (χ0n) is 12.2. The van der Waals surface area contributed by atoms with Gasteiger partial charge >= 0.3 is 0 Å². The van der Waals surface area contributed by atoms with Gasteiger partial charge in [0.05, 0.1) is 0 Å². The number of benzene rings is 1. The summed E-state index contributed by atoms with van der Waals surface area (Å²) in [6, 6.07) is 2.61. The minimum Gasteiger partial charge on any atom is -0.475 e. The molecule has 1 aromatic rings. The molecule has 0 heterocycles. The molecule has 21 heavy (non-hydrogen) atoms. The van der Waals surface area contributed by atoms with Crippen LogP contribution in [0.25, 0.3) is 0 Å². The van der Waals surface area contributed by atoms with E-state index in [0.29, 0.717) is 18.7 Å². The van der Waals surface area contributed by atoms with E-state index in [9.17, 15) is 13.6 Å². The van der Waals surface area contributed by atoms with Crippen LogP contribution in [0.2, 0.25) is 0 Å². The van der Waals surface area contributed by atoms with E-state index in [0.717, 1.165) is 12.8 Å². The topological polar surface area (TPSA) is 50.4 Å². The first-order valence-electron chi connectivity index (χ1n) is 7.17. The van der Waals surface area contributed by atoms with E-state index in [4.69, 9.17) is 4.74 Å². The summed E-state index contributed by atoms with van der Waals surface area (Å²) in [6.07, 6.45) is 0.954. The van der Waals surface area contributed by atoms with Gasteiger partial charge in [0.15, 0.2) is 23.5 Å². The van der Waals surface area contributed by atoms with E-state index in [-0.39, 0.29) is 11.9 Å². The molecule has 0 aromatic heterocycles. The van der Waals surface area contributed by atoms with Gasteiger partial charge in [-0.05, 0) is 44.0 Å². The highest BCUT2D eigenvalue weighted by Gasteiger charge is 2.27. The third-order valence-corrected chi connectivity index (χ3v) is 3.22. The lowest BCUT2D eigenvalue weighted by molar-refractivity contribution is -0.127. The van der Waals surface area contributed by atoms with Crippen LogP contribution in [0.4, 0.5) is 8.78 Å². The molecule has 0 bridgehead atoms. The molecule has 1 atom stereocenters. The Bertz CT molecular complexity index is 495. The highest BCUT2D eigenvalue weighted by molar-refractivity contribution is 5.81. The molecule has 1 fully saturated rings. The number of halogens is 2. The van der Waals surface area contributed by atoms with Crippen molar-refractivity contribution in [2.75, 3.05) is 6.54 Å². The van der Waals surface area contributed by atoms with Gasteiger partial charge in [0.25, 0.3) is 5.91 Å². The SMILES string of the molecule is CCNCc1cc(F)c(OC(C)C(=O)NC2CC2)c(F)c1. The van der Waals surface area contributed by atoms with Gasteiger partial charge in [0.1, 0.15) is 0 Å². The second-order valence-corrected chi connectivity index (χ2v) is 5.21. The second kappa shape index (κ2) is 6.85. The molecule has 0 aliphatic heterocycles. The zero-order chi connectivity index (χ0) is 15.4. The van der Waals surface area contributed by atoms with Crippen LogP contribution in [0.5, 0.6) is 5.75 Å². The van der Waals surface area contributed by atoms with Crippen molar-refractivity contribution >= 4 is 5.91 Å². The average Bonchev–Trinajstić information content (AvgIpc) is 3.24. The molecular weight excluding hydrogens is 278 g/mol. The molecular formula is C15H20F2N2O2. The predicted molar refractivity (Wildman–Crippen MR) is 75.0 cm³/mol. The maximum absolute atomic E-state index is 13.9. The van der Waals surface area contributed by atoms with Crippen LogP contribution in [0.1, 0.15) is 32.3 Å². The number of ether oxygens (including phenoxy) is 1. The third-order valence-electron chi connectivity index (χ3n) is 3.22. The summed E-state index contributed by atoms with van der Waals surface area (Å²) in [5.41, 5.74) is 0.495. The number of hydrogen-bond donors (Lipinski definition) is 2. The number of nitrogens with one attached hydrogen (secondary N) is 2. The molecule has 1 aliphatic carbocycles. The summed E-state index contributed by atoms with van der Waals surface area (Å²) in [7, 11) is 0. The first-order chi connectivity index (χ1) is 10.0. The smallest absolute Gasteiger partial charge is 0.261 e. The number of carbonyl (C=O) groups is 1. The maximum atomic E-state index is 13.9. The fraction of sp³-hybridized carbons (Fsp3) is 0.533. The molecule has 1 aromatic carbocycles. The van der Waals surface area contributed by atoms with E-state index >= 15 is 0 Å². The predicted octanol–water partition coefficient (Wildman–Crippen LogP) is 2.12. The summed E-state index contributed by atoms with van der Waals surface area (Å²) in [5.74, 6) is -2.45. The average molecular weight is 298 g/mol. The van der Waals surface area contributed by atoms with E-state index in [1.807, 2.05) is 6.92 Å². The lowest BCUT2D eigenvalue weighted by atomic mass is 10.2. The molecule has 0 spiro atoms. The summed E-state index contributed by atoms with van der Waals surface area (Å²) in [6.45, 7) is 4.47. The monoisotopic (exact) mass is 298 g/mol. The molecule has 1 amide bonds. The quantitative estimate of drug-likeness (QED) is 0.810. The van der Waals surface area contributed by atoms with Crippen molar-refractivity contribution in [1.82, 2.24) is 10.6 Å². The summed E-state index contributed by atoms with van der Waals surface area (Å²) >= 11 is 0. The Morgan fingerprint density at radius 1 is 1.38 bits per heavy atom. The third kappa shape index (κ3) is 4.39. The Kier molecular flexibility index (Phi) is 5.12. The summed E-state index contributed by atoms with van der Waals surface area (Å²) in [5, 5.41) is 5.72. The Morgan fingerprint density at radius 2 is 2.00 bits per heavy atom. The summed E-state index contributed by atoms with van der Waals surface area (Å²) < 4.78 is 33.0. The normalized spacial score (nSPS) is 15.6. The van der Waals surface area contributed by atoms with Gasteiger partial charge in [-0.1, -0.05) is 6.92 Å². The first-order valence-corrected chi connectivity index (χ1v) is 7.17. The molecule has 0 radical (unpaired) electrons. The fourth-order valence-electron chi connectivity index (χ4n) is 1.87.